The van der Waals surface area contributed by atoms with Crippen LogP contribution in [0.1, 0.15) is 18.6 Å². The molecular weight excluding hydrogens is 206 g/mol. The van der Waals surface area contributed by atoms with Gasteiger partial charge in [-0.05, 0) is 5.56 Å². The van der Waals surface area contributed by atoms with Crippen molar-refractivity contribution in [2.45, 2.75) is 25.0 Å². The van der Waals surface area contributed by atoms with Crippen molar-refractivity contribution < 1.29 is 14.2 Å². The van der Waals surface area contributed by atoms with Gasteiger partial charge in [0.15, 0.2) is 11.9 Å². The minimum Gasteiger partial charge on any atom is -0.424 e. The van der Waals surface area contributed by atoms with Crippen LogP contribution in [0.3, 0.4) is 0 Å². The van der Waals surface area contributed by atoms with E-state index in [0.29, 0.717) is 5.90 Å². The molecule has 2 heterocycles. The largest absolute Gasteiger partial charge is 0.424 e. The number of aliphatic imine (C=N–C) groups is 1. The second-order valence-corrected chi connectivity index (χ2v) is 3.95. The van der Waals surface area contributed by atoms with E-state index in [1.54, 1.807) is 7.11 Å². The molecule has 16 heavy (non-hydrogen) atoms. The molecule has 0 saturated carbocycles. The normalized spacial score (nSPS) is 36.0. The molecule has 1 saturated heterocycles. The zero-order chi connectivity index (χ0) is 11.2. The van der Waals surface area contributed by atoms with Crippen molar-refractivity contribution in [2.75, 3.05) is 7.11 Å². The Morgan fingerprint density at radius 1 is 1.31 bits per heavy atom. The van der Waals surface area contributed by atoms with Gasteiger partial charge in [-0.1, -0.05) is 30.3 Å². The first kappa shape index (κ1) is 9.81. The van der Waals surface area contributed by atoms with Gasteiger partial charge in [0.25, 0.3) is 0 Å². The molecule has 1 unspecified atom stereocenters. The number of methoxy groups -OCH3 is 1. The Kier molecular flexibility index (Phi) is 2.02. The zero-order valence-electron chi connectivity index (χ0n) is 9.21. The zero-order valence-corrected chi connectivity index (χ0v) is 9.21. The fourth-order valence-corrected chi connectivity index (χ4v) is 2.19. The predicted molar refractivity (Wildman–Crippen MR) is 58.0 cm³/mol. The van der Waals surface area contributed by atoms with E-state index in [4.69, 9.17) is 14.2 Å². The highest BCUT2D eigenvalue weighted by Gasteiger charge is 2.63. The van der Waals surface area contributed by atoms with Crippen molar-refractivity contribution in [2.24, 2.45) is 4.99 Å². The second-order valence-electron chi connectivity index (χ2n) is 3.95. The monoisotopic (exact) mass is 219 g/mol. The smallest absolute Gasteiger partial charge is 0.355 e. The predicted octanol–water partition coefficient (Wildman–Crippen LogP) is 1.88. The quantitative estimate of drug-likeness (QED) is 0.762. The van der Waals surface area contributed by atoms with E-state index in [-0.39, 0.29) is 12.1 Å². The number of fused-ring (bicyclic) bond motifs is 1. The van der Waals surface area contributed by atoms with Crippen LogP contribution in [0.25, 0.3) is 0 Å². The SMILES string of the molecule is CO[C@]12OC(C)=NC1[C@@H](c1ccccc1)O2. The topological polar surface area (TPSA) is 40.0 Å². The number of ether oxygens (including phenoxy) is 3. The maximum Gasteiger partial charge on any atom is 0.355 e. The number of hydrogen-bond donors (Lipinski definition) is 0. The number of hydrogen-bond acceptors (Lipinski definition) is 4. The van der Waals surface area contributed by atoms with Gasteiger partial charge in [0.2, 0.25) is 0 Å². The third kappa shape index (κ3) is 1.20. The van der Waals surface area contributed by atoms with E-state index in [2.05, 4.69) is 4.99 Å². The Morgan fingerprint density at radius 3 is 2.75 bits per heavy atom. The first-order valence-corrected chi connectivity index (χ1v) is 5.26. The second kappa shape index (κ2) is 3.30. The molecule has 0 amide bonds. The highest BCUT2D eigenvalue weighted by Crippen LogP contribution is 2.49. The molecule has 84 valence electrons. The van der Waals surface area contributed by atoms with Crippen LogP contribution in [0.15, 0.2) is 35.3 Å². The summed E-state index contributed by atoms with van der Waals surface area (Å²) in [5.74, 6) is -0.366. The summed E-state index contributed by atoms with van der Waals surface area (Å²) in [5, 5.41) is 0. The molecular formula is C12H13NO3. The molecule has 1 aromatic carbocycles. The van der Waals surface area contributed by atoms with Gasteiger partial charge in [-0.2, -0.15) is 0 Å². The molecule has 3 atom stereocenters. The van der Waals surface area contributed by atoms with Crippen LogP contribution in [0.4, 0.5) is 0 Å². The summed E-state index contributed by atoms with van der Waals surface area (Å²) in [6.45, 7) is 1.81. The summed E-state index contributed by atoms with van der Waals surface area (Å²) >= 11 is 0. The Labute approximate surface area is 93.8 Å². The number of rotatable bonds is 2. The third-order valence-corrected chi connectivity index (χ3v) is 2.96. The molecule has 2 aliphatic rings. The molecule has 0 aromatic heterocycles. The van der Waals surface area contributed by atoms with Crippen molar-refractivity contribution in [3.8, 4) is 0 Å². The summed E-state index contributed by atoms with van der Waals surface area (Å²) in [7, 11) is 1.57. The Balaban J connectivity index is 1.88. The Bertz CT molecular complexity index is 431. The van der Waals surface area contributed by atoms with E-state index >= 15 is 0 Å². The fraction of sp³-hybridized carbons (Fsp3) is 0.417. The van der Waals surface area contributed by atoms with Crippen molar-refractivity contribution in [1.29, 1.82) is 0 Å². The average molecular weight is 219 g/mol. The molecule has 1 aromatic rings. The summed E-state index contributed by atoms with van der Waals surface area (Å²) < 4.78 is 16.4. The molecule has 0 N–H and O–H groups in total. The van der Waals surface area contributed by atoms with Crippen molar-refractivity contribution in [3.05, 3.63) is 35.9 Å². The molecule has 0 bridgehead atoms. The molecule has 3 rings (SSSR count). The Morgan fingerprint density at radius 2 is 2.06 bits per heavy atom. The van der Waals surface area contributed by atoms with Gasteiger partial charge >= 0.3 is 5.97 Å². The van der Waals surface area contributed by atoms with Crippen LogP contribution in [0.5, 0.6) is 0 Å². The first-order valence-electron chi connectivity index (χ1n) is 5.26. The van der Waals surface area contributed by atoms with Crippen molar-refractivity contribution in [1.82, 2.24) is 0 Å². The van der Waals surface area contributed by atoms with Crippen molar-refractivity contribution >= 4 is 5.90 Å². The Hall–Kier alpha value is -1.39. The van der Waals surface area contributed by atoms with Gasteiger partial charge in [0.05, 0.1) is 0 Å². The van der Waals surface area contributed by atoms with Crippen LogP contribution in [-0.4, -0.2) is 25.0 Å². The summed E-state index contributed by atoms with van der Waals surface area (Å²) in [6, 6.07) is 9.89. The van der Waals surface area contributed by atoms with Gasteiger partial charge in [-0.3, -0.25) is 0 Å². The minimum atomic E-state index is -0.982. The van der Waals surface area contributed by atoms with Crippen molar-refractivity contribution in [3.63, 3.8) is 0 Å². The van der Waals surface area contributed by atoms with E-state index in [9.17, 15) is 0 Å². The summed E-state index contributed by atoms with van der Waals surface area (Å²) in [6.07, 6.45) is -0.0707. The molecule has 0 aliphatic carbocycles. The van der Waals surface area contributed by atoms with Crippen LogP contribution in [0.2, 0.25) is 0 Å². The lowest BCUT2D eigenvalue weighted by Crippen LogP contribution is -2.58. The lowest BCUT2D eigenvalue weighted by molar-refractivity contribution is -0.432. The summed E-state index contributed by atoms with van der Waals surface area (Å²) in [4.78, 5) is 4.40. The first-order chi connectivity index (χ1) is 7.75. The molecule has 2 aliphatic heterocycles. The third-order valence-electron chi connectivity index (χ3n) is 2.96. The lowest BCUT2D eigenvalue weighted by Gasteiger charge is -2.45. The van der Waals surface area contributed by atoms with E-state index < -0.39 is 5.97 Å². The lowest BCUT2D eigenvalue weighted by atomic mass is 9.95. The van der Waals surface area contributed by atoms with Crippen LogP contribution in [-0.2, 0) is 14.2 Å². The maximum absolute atomic E-state index is 5.70. The van der Waals surface area contributed by atoms with Gasteiger partial charge in [0, 0.05) is 14.0 Å². The average Bonchev–Trinajstić information content (AvgIpc) is 2.55. The van der Waals surface area contributed by atoms with E-state index in [1.807, 2.05) is 37.3 Å². The number of nitrogens with zero attached hydrogens (tertiary/aromatic N) is 1. The molecule has 0 radical (unpaired) electrons. The van der Waals surface area contributed by atoms with Crippen LogP contribution >= 0.6 is 0 Å². The van der Waals surface area contributed by atoms with Gasteiger partial charge in [-0.15, -0.1) is 0 Å². The van der Waals surface area contributed by atoms with Gasteiger partial charge in [0.1, 0.15) is 6.10 Å². The summed E-state index contributed by atoms with van der Waals surface area (Å²) in [5.41, 5.74) is 1.10. The highest BCUT2D eigenvalue weighted by atomic mass is 16.9. The number of benzene rings is 1. The van der Waals surface area contributed by atoms with Crippen LogP contribution in [0, 0.1) is 0 Å². The van der Waals surface area contributed by atoms with E-state index in [0.717, 1.165) is 5.56 Å². The minimum absolute atomic E-state index is 0.0707. The van der Waals surface area contributed by atoms with E-state index in [1.165, 1.54) is 0 Å². The molecule has 4 nitrogen and oxygen atoms in total. The molecule has 4 heteroatoms. The molecule has 0 spiro atoms. The molecule has 1 fully saturated rings. The van der Waals surface area contributed by atoms with Gasteiger partial charge in [-0.25, -0.2) is 4.99 Å². The van der Waals surface area contributed by atoms with Gasteiger partial charge < -0.3 is 14.2 Å². The fourth-order valence-electron chi connectivity index (χ4n) is 2.19. The maximum atomic E-state index is 5.70. The standard InChI is InChI=1S/C12H13NO3/c1-8-13-11-10(9-6-4-3-5-7-9)16-12(11,14-2)15-8/h3-7,10-11H,1-2H3/t10-,11?,12+/m1/s1. The highest BCUT2D eigenvalue weighted by molar-refractivity contribution is 5.76. The van der Waals surface area contributed by atoms with Crippen LogP contribution < -0.4 is 0 Å².